The third kappa shape index (κ3) is 3.18. The maximum absolute atomic E-state index is 13.0. The second kappa shape index (κ2) is 6.59. The standard InChI is InChI=1S/C18H20N6O2S/c19-10-9-12(10)20-15-14(17-21-11-3-1-2-4-13(11)27-17)16(25)23-18(22-15)24-5-7-26-8-6-24/h1-4,10,12H,5-9,19H2,(H2,20,22,23,25). The molecule has 3 heterocycles. The zero-order valence-electron chi connectivity index (χ0n) is 14.6. The molecule has 5 rings (SSSR count). The van der Waals surface area contributed by atoms with Crippen LogP contribution in [0.25, 0.3) is 20.8 Å². The first-order valence-electron chi connectivity index (χ1n) is 9.04. The highest BCUT2D eigenvalue weighted by Crippen LogP contribution is 2.34. The molecule has 1 aliphatic carbocycles. The molecule has 27 heavy (non-hydrogen) atoms. The number of anilines is 2. The molecule has 0 spiro atoms. The number of hydrogen-bond donors (Lipinski definition) is 3. The molecule has 2 atom stereocenters. The normalized spacial score (nSPS) is 22.2. The van der Waals surface area contributed by atoms with E-state index in [0.29, 0.717) is 48.6 Å². The molecule has 140 valence electrons. The van der Waals surface area contributed by atoms with Gasteiger partial charge in [-0.3, -0.25) is 9.78 Å². The van der Waals surface area contributed by atoms with Gasteiger partial charge < -0.3 is 20.7 Å². The first kappa shape index (κ1) is 16.7. The van der Waals surface area contributed by atoms with Crippen molar-refractivity contribution in [2.75, 3.05) is 36.5 Å². The first-order valence-corrected chi connectivity index (χ1v) is 9.86. The average molecular weight is 384 g/mol. The summed E-state index contributed by atoms with van der Waals surface area (Å²) in [5, 5.41) is 4.01. The van der Waals surface area contributed by atoms with Crippen LogP contribution in [0.4, 0.5) is 11.8 Å². The van der Waals surface area contributed by atoms with Gasteiger partial charge in [0.25, 0.3) is 5.56 Å². The van der Waals surface area contributed by atoms with Gasteiger partial charge in [0.05, 0.1) is 23.4 Å². The highest BCUT2D eigenvalue weighted by atomic mass is 32.1. The Balaban J connectivity index is 1.61. The van der Waals surface area contributed by atoms with Crippen LogP contribution in [0.1, 0.15) is 6.42 Å². The Hall–Kier alpha value is -2.49. The predicted octanol–water partition coefficient (Wildman–Crippen LogP) is 1.39. The molecule has 1 saturated carbocycles. The van der Waals surface area contributed by atoms with E-state index in [9.17, 15) is 4.79 Å². The molecule has 0 bridgehead atoms. The summed E-state index contributed by atoms with van der Waals surface area (Å²) in [6, 6.07) is 8.10. The number of aromatic nitrogens is 3. The van der Waals surface area contributed by atoms with Crippen LogP contribution in [0.5, 0.6) is 0 Å². The summed E-state index contributed by atoms with van der Waals surface area (Å²) in [5.41, 5.74) is 7.13. The highest BCUT2D eigenvalue weighted by molar-refractivity contribution is 7.21. The average Bonchev–Trinajstić information content (AvgIpc) is 3.21. The van der Waals surface area contributed by atoms with Gasteiger partial charge in [-0.25, -0.2) is 4.98 Å². The van der Waals surface area contributed by atoms with E-state index in [0.717, 1.165) is 16.6 Å². The number of morpholine rings is 1. The fourth-order valence-electron chi connectivity index (χ4n) is 3.22. The molecule has 1 aromatic carbocycles. The number of thiazole rings is 1. The van der Waals surface area contributed by atoms with Gasteiger partial charge in [0.2, 0.25) is 5.95 Å². The van der Waals surface area contributed by atoms with Gasteiger partial charge in [0, 0.05) is 25.2 Å². The van der Waals surface area contributed by atoms with Crippen molar-refractivity contribution in [1.82, 2.24) is 15.0 Å². The minimum absolute atomic E-state index is 0.0983. The summed E-state index contributed by atoms with van der Waals surface area (Å²) in [6.07, 6.45) is 0.876. The van der Waals surface area contributed by atoms with Gasteiger partial charge in [-0.2, -0.15) is 4.98 Å². The van der Waals surface area contributed by atoms with Crippen LogP contribution >= 0.6 is 11.3 Å². The van der Waals surface area contributed by atoms with E-state index in [1.54, 1.807) is 0 Å². The summed E-state index contributed by atoms with van der Waals surface area (Å²) in [5.74, 6) is 1.11. The predicted molar refractivity (Wildman–Crippen MR) is 107 cm³/mol. The molecule has 2 unspecified atom stereocenters. The van der Waals surface area contributed by atoms with E-state index in [4.69, 9.17) is 15.5 Å². The molecule has 4 N–H and O–H groups in total. The number of nitrogens with one attached hydrogen (secondary N) is 2. The minimum atomic E-state index is -0.192. The SMILES string of the molecule is NC1CC1Nc1nc(N2CCOCC2)[nH]c(=O)c1-c1nc2ccccc2s1. The number of rotatable bonds is 4. The van der Waals surface area contributed by atoms with Gasteiger partial charge in [-0.05, 0) is 18.6 Å². The van der Waals surface area contributed by atoms with E-state index in [1.807, 2.05) is 29.2 Å². The molecule has 3 aromatic rings. The second-order valence-corrected chi connectivity index (χ2v) is 7.88. The van der Waals surface area contributed by atoms with Gasteiger partial charge in [0.1, 0.15) is 16.4 Å². The molecular formula is C18H20N6O2S. The number of benzene rings is 1. The molecule has 8 nitrogen and oxygen atoms in total. The number of para-hydroxylation sites is 1. The van der Waals surface area contributed by atoms with Crippen molar-refractivity contribution in [1.29, 1.82) is 0 Å². The lowest BCUT2D eigenvalue weighted by Gasteiger charge is -2.27. The number of nitrogens with two attached hydrogens (primary N) is 1. The Labute approximate surface area is 159 Å². The van der Waals surface area contributed by atoms with Crippen molar-refractivity contribution in [2.45, 2.75) is 18.5 Å². The molecule has 0 amide bonds. The number of hydrogen-bond acceptors (Lipinski definition) is 8. The van der Waals surface area contributed by atoms with Crippen LogP contribution in [-0.2, 0) is 4.74 Å². The summed E-state index contributed by atoms with van der Waals surface area (Å²) in [7, 11) is 0. The maximum atomic E-state index is 13.0. The Morgan fingerprint density at radius 3 is 2.78 bits per heavy atom. The van der Waals surface area contributed by atoms with Crippen LogP contribution in [-0.4, -0.2) is 53.3 Å². The molecule has 2 aliphatic rings. The maximum Gasteiger partial charge on any atom is 0.264 e. The number of nitrogens with zero attached hydrogens (tertiary/aromatic N) is 3. The molecule has 2 fully saturated rings. The van der Waals surface area contributed by atoms with E-state index >= 15 is 0 Å². The van der Waals surface area contributed by atoms with Crippen molar-refractivity contribution >= 4 is 33.3 Å². The summed E-state index contributed by atoms with van der Waals surface area (Å²) in [4.78, 5) is 27.4. The zero-order chi connectivity index (χ0) is 18.4. The van der Waals surface area contributed by atoms with E-state index in [1.165, 1.54) is 11.3 Å². The summed E-state index contributed by atoms with van der Waals surface area (Å²) >= 11 is 1.49. The zero-order valence-corrected chi connectivity index (χ0v) is 15.5. The fourth-order valence-corrected chi connectivity index (χ4v) is 4.23. The van der Waals surface area contributed by atoms with Crippen molar-refractivity contribution in [3.63, 3.8) is 0 Å². The monoisotopic (exact) mass is 384 g/mol. The molecule has 0 radical (unpaired) electrons. The van der Waals surface area contributed by atoms with E-state index < -0.39 is 0 Å². The minimum Gasteiger partial charge on any atom is -0.378 e. The second-order valence-electron chi connectivity index (χ2n) is 6.85. The molecular weight excluding hydrogens is 364 g/mol. The molecule has 9 heteroatoms. The Morgan fingerprint density at radius 2 is 2.04 bits per heavy atom. The molecule has 1 saturated heterocycles. The van der Waals surface area contributed by atoms with Gasteiger partial charge in [-0.15, -0.1) is 11.3 Å². The molecule has 1 aliphatic heterocycles. The topological polar surface area (TPSA) is 109 Å². The van der Waals surface area contributed by atoms with Crippen LogP contribution < -0.4 is 21.5 Å². The van der Waals surface area contributed by atoms with Crippen molar-refractivity contribution < 1.29 is 4.74 Å². The number of H-pyrrole nitrogens is 1. The van der Waals surface area contributed by atoms with Crippen LogP contribution in [0.15, 0.2) is 29.1 Å². The smallest absolute Gasteiger partial charge is 0.264 e. The van der Waals surface area contributed by atoms with Crippen molar-refractivity contribution in [3.8, 4) is 10.6 Å². The Morgan fingerprint density at radius 1 is 1.26 bits per heavy atom. The van der Waals surface area contributed by atoms with Crippen LogP contribution in [0.3, 0.4) is 0 Å². The third-order valence-corrected chi connectivity index (χ3v) is 5.94. The lowest BCUT2D eigenvalue weighted by atomic mass is 10.3. The highest BCUT2D eigenvalue weighted by Gasteiger charge is 2.35. The van der Waals surface area contributed by atoms with Crippen molar-refractivity contribution in [2.24, 2.45) is 5.73 Å². The quantitative estimate of drug-likeness (QED) is 0.624. The van der Waals surface area contributed by atoms with Crippen LogP contribution in [0.2, 0.25) is 0 Å². The van der Waals surface area contributed by atoms with Crippen molar-refractivity contribution in [3.05, 3.63) is 34.6 Å². The largest absolute Gasteiger partial charge is 0.378 e. The number of fused-ring (bicyclic) bond motifs is 1. The van der Waals surface area contributed by atoms with E-state index in [-0.39, 0.29) is 17.6 Å². The van der Waals surface area contributed by atoms with E-state index in [2.05, 4.69) is 15.3 Å². The Bertz CT molecular complexity index is 1010. The van der Waals surface area contributed by atoms with Gasteiger partial charge in [0.15, 0.2) is 0 Å². The first-order chi connectivity index (χ1) is 13.2. The number of aromatic amines is 1. The molecule has 2 aromatic heterocycles. The lowest BCUT2D eigenvalue weighted by Crippen LogP contribution is -2.38. The summed E-state index contributed by atoms with van der Waals surface area (Å²) in [6.45, 7) is 2.65. The lowest BCUT2D eigenvalue weighted by molar-refractivity contribution is 0.122. The van der Waals surface area contributed by atoms with Gasteiger partial charge >= 0.3 is 0 Å². The van der Waals surface area contributed by atoms with Crippen LogP contribution in [0, 0.1) is 0 Å². The number of ether oxygens (including phenoxy) is 1. The summed E-state index contributed by atoms with van der Waals surface area (Å²) < 4.78 is 6.44. The third-order valence-electron chi connectivity index (χ3n) is 4.89. The van der Waals surface area contributed by atoms with Gasteiger partial charge in [-0.1, -0.05) is 12.1 Å². The Kier molecular flexibility index (Phi) is 4.07. The fraction of sp³-hybridized carbons (Fsp3) is 0.389.